The Labute approximate surface area is 71.5 Å². The highest BCUT2D eigenvalue weighted by Crippen LogP contribution is 2.12. The van der Waals surface area contributed by atoms with Crippen LogP contribution >= 0.6 is 0 Å². The van der Waals surface area contributed by atoms with Crippen molar-refractivity contribution in [3.05, 3.63) is 12.7 Å². The zero-order chi connectivity index (χ0) is 8.04. The molecule has 11 heavy (non-hydrogen) atoms. The van der Waals surface area contributed by atoms with E-state index in [1.54, 1.807) is 0 Å². The van der Waals surface area contributed by atoms with Crippen molar-refractivity contribution in [1.29, 1.82) is 0 Å². The lowest BCUT2D eigenvalue weighted by Crippen LogP contribution is -2.14. The van der Waals surface area contributed by atoms with Crippen LogP contribution in [-0.4, -0.2) is 13.2 Å². The Kier molecular flexibility index (Phi) is 7.75. The van der Waals surface area contributed by atoms with Crippen LogP contribution in [0.5, 0.6) is 0 Å². The molecule has 0 aliphatic heterocycles. The standard InChI is InChI=1S/C9H18O.CH4/c1-5-6-7-10-8-9(2,3)4;/h5H,1,6-8H2,2-4H3;1H4. The first-order valence-electron chi connectivity index (χ1n) is 3.75. The second-order valence-electron chi connectivity index (χ2n) is 3.69. The second-order valence-corrected chi connectivity index (χ2v) is 3.69. The van der Waals surface area contributed by atoms with E-state index >= 15 is 0 Å². The minimum absolute atomic E-state index is 0. The van der Waals surface area contributed by atoms with E-state index in [9.17, 15) is 0 Å². The molecule has 0 radical (unpaired) electrons. The summed E-state index contributed by atoms with van der Waals surface area (Å²) in [5.74, 6) is 0. The van der Waals surface area contributed by atoms with E-state index in [0.717, 1.165) is 19.6 Å². The van der Waals surface area contributed by atoms with E-state index in [1.165, 1.54) is 0 Å². The molecule has 0 saturated carbocycles. The molecule has 0 aliphatic rings. The van der Waals surface area contributed by atoms with E-state index in [1.807, 2.05) is 6.08 Å². The maximum Gasteiger partial charge on any atom is 0.0514 e. The van der Waals surface area contributed by atoms with E-state index in [2.05, 4.69) is 27.4 Å². The van der Waals surface area contributed by atoms with Crippen LogP contribution in [0.1, 0.15) is 34.6 Å². The van der Waals surface area contributed by atoms with Crippen molar-refractivity contribution < 1.29 is 4.74 Å². The third kappa shape index (κ3) is 12.8. The fourth-order valence-corrected chi connectivity index (χ4v) is 0.545. The molecule has 0 N–H and O–H groups in total. The average molecular weight is 158 g/mol. The molecule has 0 atom stereocenters. The molecule has 0 spiro atoms. The molecule has 0 aliphatic carbocycles. The zero-order valence-corrected chi connectivity index (χ0v) is 7.31. The van der Waals surface area contributed by atoms with Gasteiger partial charge in [-0.2, -0.15) is 0 Å². The van der Waals surface area contributed by atoms with Crippen LogP contribution in [0.15, 0.2) is 12.7 Å². The van der Waals surface area contributed by atoms with Gasteiger partial charge in [-0.1, -0.05) is 34.3 Å². The summed E-state index contributed by atoms with van der Waals surface area (Å²) in [6.45, 7) is 11.8. The Morgan fingerprint density at radius 3 is 2.27 bits per heavy atom. The van der Waals surface area contributed by atoms with Gasteiger partial charge in [-0.05, 0) is 11.8 Å². The van der Waals surface area contributed by atoms with Crippen molar-refractivity contribution in [2.24, 2.45) is 5.41 Å². The molecular weight excluding hydrogens is 136 g/mol. The van der Waals surface area contributed by atoms with Gasteiger partial charge in [0.15, 0.2) is 0 Å². The van der Waals surface area contributed by atoms with Crippen molar-refractivity contribution in [3.8, 4) is 0 Å². The monoisotopic (exact) mass is 158 g/mol. The molecule has 0 amide bonds. The van der Waals surface area contributed by atoms with Gasteiger partial charge in [-0.25, -0.2) is 0 Å². The lowest BCUT2D eigenvalue weighted by atomic mass is 9.99. The minimum Gasteiger partial charge on any atom is -0.381 e. The third-order valence-electron chi connectivity index (χ3n) is 1.00. The smallest absolute Gasteiger partial charge is 0.0514 e. The topological polar surface area (TPSA) is 9.23 Å². The largest absolute Gasteiger partial charge is 0.381 e. The minimum atomic E-state index is 0. The summed E-state index contributed by atoms with van der Waals surface area (Å²) in [6, 6.07) is 0. The molecule has 1 heteroatoms. The molecule has 1 nitrogen and oxygen atoms in total. The van der Waals surface area contributed by atoms with Crippen molar-refractivity contribution in [1.82, 2.24) is 0 Å². The van der Waals surface area contributed by atoms with Crippen LogP contribution < -0.4 is 0 Å². The number of hydrogen-bond acceptors (Lipinski definition) is 1. The van der Waals surface area contributed by atoms with Crippen LogP contribution in [-0.2, 0) is 4.74 Å². The Morgan fingerprint density at radius 1 is 1.36 bits per heavy atom. The first-order chi connectivity index (χ1) is 4.56. The summed E-state index contributed by atoms with van der Waals surface area (Å²) >= 11 is 0. The molecule has 68 valence electrons. The molecular formula is C10H22O. The average Bonchev–Trinajstić information content (AvgIpc) is 1.78. The molecule has 0 aromatic carbocycles. The van der Waals surface area contributed by atoms with Gasteiger partial charge in [0.25, 0.3) is 0 Å². The lowest BCUT2D eigenvalue weighted by molar-refractivity contribution is 0.0744. The Balaban J connectivity index is 0. The molecule has 0 saturated heterocycles. The number of hydrogen-bond donors (Lipinski definition) is 0. The molecule has 0 aromatic heterocycles. The Morgan fingerprint density at radius 2 is 1.91 bits per heavy atom. The normalized spacial score (nSPS) is 10.5. The number of rotatable bonds is 4. The van der Waals surface area contributed by atoms with Crippen molar-refractivity contribution in [2.45, 2.75) is 34.6 Å². The zero-order valence-electron chi connectivity index (χ0n) is 7.31. The van der Waals surface area contributed by atoms with Gasteiger partial charge in [0.05, 0.1) is 13.2 Å². The summed E-state index contributed by atoms with van der Waals surface area (Å²) < 4.78 is 5.37. The van der Waals surface area contributed by atoms with Gasteiger partial charge in [0, 0.05) is 0 Å². The quantitative estimate of drug-likeness (QED) is 0.451. The molecule has 0 unspecified atom stereocenters. The highest BCUT2D eigenvalue weighted by Gasteiger charge is 2.08. The lowest BCUT2D eigenvalue weighted by Gasteiger charge is -2.17. The highest BCUT2D eigenvalue weighted by atomic mass is 16.5. The molecule has 0 rings (SSSR count). The van der Waals surface area contributed by atoms with Crippen LogP contribution in [0.25, 0.3) is 0 Å². The van der Waals surface area contributed by atoms with Gasteiger partial charge in [0.2, 0.25) is 0 Å². The van der Waals surface area contributed by atoms with E-state index < -0.39 is 0 Å². The van der Waals surface area contributed by atoms with Crippen molar-refractivity contribution >= 4 is 0 Å². The molecule has 0 fully saturated rings. The predicted molar refractivity (Wildman–Crippen MR) is 51.8 cm³/mol. The van der Waals surface area contributed by atoms with Crippen LogP contribution in [0.2, 0.25) is 0 Å². The summed E-state index contributed by atoms with van der Waals surface area (Å²) in [6.07, 6.45) is 2.83. The Bertz CT molecular complexity index is 89.5. The first kappa shape index (κ1) is 13.3. The summed E-state index contributed by atoms with van der Waals surface area (Å²) in [5.41, 5.74) is 0.293. The predicted octanol–water partition coefficient (Wildman–Crippen LogP) is 3.26. The molecule has 0 aromatic rings. The van der Waals surface area contributed by atoms with Gasteiger partial charge in [0.1, 0.15) is 0 Å². The van der Waals surface area contributed by atoms with Gasteiger partial charge in [-0.15, -0.1) is 6.58 Å². The highest BCUT2D eigenvalue weighted by molar-refractivity contribution is 4.65. The number of ether oxygens (including phenoxy) is 1. The van der Waals surface area contributed by atoms with E-state index in [-0.39, 0.29) is 7.43 Å². The van der Waals surface area contributed by atoms with Crippen LogP contribution in [0.4, 0.5) is 0 Å². The van der Waals surface area contributed by atoms with Gasteiger partial charge >= 0.3 is 0 Å². The second kappa shape index (κ2) is 6.41. The SMILES string of the molecule is C.C=CCCOCC(C)(C)C. The molecule has 0 heterocycles. The van der Waals surface area contributed by atoms with E-state index in [4.69, 9.17) is 4.74 Å². The maximum atomic E-state index is 5.37. The van der Waals surface area contributed by atoms with Gasteiger partial charge < -0.3 is 4.74 Å². The fourth-order valence-electron chi connectivity index (χ4n) is 0.545. The van der Waals surface area contributed by atoms with Gasteiger partial charge in [-0.3, -0.25) is 0 Å². The van der Waals surface area contributed by atoms with Crippen LogP contribution in [0.3, 0.4) is 0 Å². The summed E-state index contributed by atoms with van der Waals surface area (Å²) in [5, 5.41) is 0. The maximum absolute atomic E-state index is 5.37. The Hall–Kier alpha value is -0.300. The molecule has 0 bridgehead atoms. The van der Waals surface area contributed by atoms with Crippen molar-refractivity contribution in [3.63, 3.8) is 0 Å². The summed E-state index contributed by atoms with van der Waals surface area (Å²) in [7, 11) is 0. The van der Waals surface area contributed by atoms with Crippen LogP contribution in [0, 0.1) is 5.41 Å². The van der Waals surface area contributed by atoms with E-state index in [0.29, 0.717) is 5.41 Å². The summed E-state index contributed by atoms with van der Waals surface area (Å²) in [4.78, 5) is 0. The fraction of sp³-hybridized carbons (Fsp3) is 0.800. The third-order valence-corrected chi connectivity index (χ3v) is 1.00. The van der Waals surface area contributed by atoms with Crippen molar-refractivity contribution in [2.75, 3.05) is 13.2 Å². The first-order valence-corrected chi connectivity index (χ1v) is 3.75.